The van der Waals surface area contributed by atoms with Crippen LogP contribution in [0.1, 0.15) is 30.9 Å². The van der Waals surface area contributed by atoms with Crippen molar-refractivity contribution in [1.29, 1.82) is 0 Å². The van der Waals surface area contributed by atoms with Gasteiger partial charge in [-0.25, -0.2) is 0 Å². The number of nitrogens with one attached hydrogen (secondary N) is 1. The monoisotopic (exact) mass is 307 g/mol. The van der Waals surface area contributed by atoms with Gasteiger partial charge in [-0.1, -0.05) is 18.2 Å². The Morgan fingerprint density at radius 3 is 2.90 bits per heavy atom. The highest BCUT2D eigenvalue weighted by Gasteiger charge is 2.43. The average molecular weight is 307 g/mol. The van der Waals surface area contributed by atoms with Gasteiger partial charge in [-0.15, -0.1) is 11.8 Å². The first-order chi connectivity index (χ1) is 10.3. The molecule has 0 amide bonds. The summed E-state index contributed by atoms with van der Waals surface area (Å²) in [5.74, 6) is 0.610. The van der Waals surface area contributed by atoms with Crippen LogP contribution >= 0.6 is 11.8 Å². The molecule has 3 nitrogen and oxygen atoms in total. The normalized spacial score (nSPS) is 30.7. The molecule has 0 radical (unpaired) electrons. The second-order valence-electron chi connectivity index (χ2n) is 6.10. The Morgan fingerprint density at radius 2 is 2.19 bits per heavy atom. The van der Waals surface area contributed by atoms with Crippen LogP contribution in [0.5, 0.6) is 0 Å². The predicted octanol–water partition coefficient (Wildman–Crippen LogP) is 3.25. The first kappa shape index (κ1) is 15.3. The third kappa shape index (κ3) is 3.14. The Morgan fingerprint density at radius 1 is 1.33 bits per heavy atom. The maximum Gasteiger partial charge on any atom is 0.0940 e. The summed E-state index contributed by atoms with van der Waals surface area (Å²) in [6, 6.07) is 9.15. The largest absolute Gasteiger partial charge is 0.378 e. The van der Waals surface area contributed by atoms with Crippen molar-refractivity contribution in [3.8, 4) is 0 Å². The van der Waals surface area contributed by atoms with Crippen LogP contribution < -0.4 is 5.32 Å². The van der Waals surface area contributed by atoms with Crippen molar-refractivity contribution in [3.05, 3.63) is 29.8 Å². The first-order valence-corrected chi connectivity index (χ1v) is 9.02. The SMILES string of the molecule is CNC(c1ccccc1SC)C1CCOC2(CCOC2)C1. The molecule has 2 heterocycles. The number of rotatable bonds is 4. The minimum atomic E-state index is -0.0215. The van der Waals surface area contributed by atoms with E-state index in [1.165, 1.54) is 10.5 Å². The topological polar surface area (TPSA) is 30.5 Å². The molecule has 0 aliphatic carbocycles. The van der Waals surface area contributed by atoms with Crippen molar-refractivity contribution in [1.82, 2.24) is 5.32 Å². The molecular weight excluding hydrogens is 282 g/mol. The summed E-state index contributed by atoms with van der Waals surface area (Å²) in [6.07, 6.45) is 5.42. The fourth-order valence-electron chi connectivity index (χ4n) is 3.78. The van der Waals surface area contributed by atoms with E-state index >= 15 is 0 Å². The van der Waals surface area contributed by atoms with E-state index in [2.05, 4.69) is 42.9 Å². The smallest absolute Gasteiger partial charge is 0.0940 e. The molecule has 1 spiro atoms. The second kappa shape index (κ2) is 6.69. The summed E-state index contributed by atoms with van der Waals surface area (Å²) in [4.78, 5) is 1.38. The van der Waals surface area contributed by atoms with Gasteiger partial charge in [0.1, 0.15) is 0 Å². The third-order valence-electron chi connectivity index (χ3n) is 4.85. The van der Waals surface area contributed by atoms with Gasteiger partial charge in [-0.2, -0.15) is 0 Å². The van der Waals surface area contributed by atoms with Crippen molar-refractivity contribution in [2.75, 3.05) is 33.1 Å². The number of ether oxygens (including phenoxy) is 2. The van der Waals surface area contributed by atoms with Crippen LogP contribution in [0.4, 0.5) is 0 Å². The fraction of sp³-hybridized carbons (Fsp3) is 0.647. The van der Waals surface area contributed by atoms with Crippen molar-refractivity contribution in [3.63, 3.8) is 0 Å². The van der Waals surface area contributed by atoms with Crippen LogP contribution in [0.15, 0.2) is 29.2 Å². The Balaban J connectivity index is 1.82. The van der Waals surface area contributed by atoms with Crippen LogP contribution in [-0.2, 0) is 9.47 Å². The van der Waals surface area contributed by atoms with E-state index < -0.39 is 0 Å². The average Bonchev–Trinajstić information content (AvgIpc) is 2.96. The molecule has 3 atom stereocenters. The van der Waals surface area contributed by atoms with Crippen molar-refractivity contribution in [2.45, 2.75) is 35.8 Å². The van der Waals surface area contributed by atoms with Gasteiger partial charge in [0.15, 0.2) is 0 Å². The van der Waals surface area contributed by atoms with Gasteiger partial charge in [0.2, 0.25) is 0 Å². The van der Waals surface area contributed by atoms with E-state index in [9.17, 15) is 0 Å². The summed E-state index contributed by atoms with van der Waals surface area (Å²) in [5.41, 5.74) is 1.40. The number of hydrogen-bond acceptors (Lipinski definition) is 4. The van der Waals surface area contributed by atoms with E-state index in [4.69, 9.17) is 9.47 Å². The molecule has 2 fully saturated rings. The van der Waals surface area contributed by atoms with Gasteiger partial charge in [0.25, 0.3) is 0 Å². The highest BCUT2D eigenvalue weighted by molar-refractivity contribution is 7.98. The molecule has 2 aliphatic heterocycles. The van der Waals surface area contributed by atoms with Crippen molar-refractivity contribution in [2.24, 2.45) is 5.92 Å². The molecule has 1 N–H and O–H groups in total. The molecule has 3 unspecified atom stereocenters. The third-order valence-corrected chi connectivity index (χ3v) is 5.67. The van der Waals surface area contributed by atoms with E-state index in [0.717, 1.165) is 39.1 Å². The maximum absolute atomic E-state index is 6.09. The molecule has 4 heteroatoms. The summed E-state index contributed by atoms with van der Waals surface area (Å²) < 4.78 is 11.7. The molecule has 1 aromatic rings. The van der Waals surface area contributed by atoms with Gasteiger partial charge in [-0.3, -0.25) is 0 Å². The molecule has 116 valence electrons. The molecule has 21 heavy (non-hydrogen) atoms. The first-order valence-electron chi connectivity index (χ1n) is 7.80. The molecule has 0 bridgehead atoms. The lowest BCUT2D eigenvalue weighted by Gasteiger charge is -2.40. The van der Waals surface area contributed by atoms with E-state index in [1.54, 1.807) is 0 Å². The zero-order valence-corrected chi connectivity index (χ0v) is 13.7. The lowest BCUT2D eigenvalue weighted by Crippen LogP contribution is -2.43. The van der Waals surface area contributed by atoms with Crippen LogP contribution in [0.2, 0.25) is 0 Å². The summed E-state index contributed by atoms with van der Waals surface area (Å²) in [5, 5.41) is 3.56. The van der Waals surface area contributed by atoms with Crippen LogP contribution in [0, 0.1) is 5.92 Å². The predicted molar refractivity (Wildman–Crippen MR) is 86.9 cm³/mol. The summed E-state index contributed by atoms with van der Waals surface area (Å²) in [7, 11) is 2.08. The minimum absolute atomic E-state index is 0.0215. The molecule has 1 aromatic carbocycles. The van der Waals surface area contributed by atoms with Gasteiger partial charge in [-0.05, 0) is 43.7 Å². The van der Waals surface area contributed by atoms with Gasteiger partial charge >= 0.3 is 0 Å². The second-order valence-corrected chi connectivity index (χ2v) is 6.94. The maximum atomic E-state index is 6.09. The molecule has 3 rings (SSSR count). The quantitative estimate of drug-likeness (QED) is 0.865. The summed E-state index contributed by atoms with van der Waals surface area (Å²) in [6.45, 7) is 2.47. The lowest BCUT2D eigenvalue weighted by molar-refractivity contribution is -0.103. The molecule has 0 saturated carbocycles. The zero-order chi connectivity index (χ0) is 14.7. The Hall–Kier alpha value is -0.550. The molecular formula is C17H25NO2S. The Kier molecular flexibility index (Phi) is 4.89. The molecule has 2 saturated heterocycles. The zero-order valence-electron chi connectivity index (χ0n) is 12.9. The van der Waals surface area contributed by atoms with Crippen molar-refractivity contribution < 1.29 is 9.47 Å². The van der Waals surface area contributed by atoms with Crippen LogP contribution in [0.3, 0.4) is 0 Å². The standard InChI is InChI=1S/C17H25NO2S/c1-18-16(14-5-3-4-6-15(14)21-2)13-7-9-20-17(11-13)8-10-19-12-17/h3-6,13,16,18H,7-12H2,1-2H3. The van der Waals surface area contributed by atoms with Crippen LogP contribution in [-0.4, -0.2) is 38.7 Å². The Labute approximate surface area is 131 Å². The highest BCUT2D eigenvalue weighted by atomic mass is 32.2. The Bertz CT molecular complexity index is 474. The van der Waals surface area contributed by atoms with E-state index in [1.807, 2.05) is 11.8 Å². The lowest BCUT2D eigenvalue weighted by atomic mass is 9.79. The van der Waals surface area contributed by atoms with E-state index in [0.29, 0.717) is 12.0 Å². The van der Waals surface area contributed by atoms with Crippen LogP contribution in [0.25, 0.3) is 0 Å². The summed E-state index contributed by atoms with van der Waals surface area (Å²) >= 11 is 1.83. The highest BCUT2D eigenvalue weighted by Crippen LogP contribution is 2.42. The number of thioether (sulfide) groups is 1. The molecule has 0 aromatic heterocycles. The van der Waals surface area contributed by atoms with Crippen molar-refractivity contribution >= 4 is 11.8 Å². The van der Waals surface area contributed by atoms with Gasteiger partial charge in [0.05, 0.1) is 12.2 Å². The van der Waals surface area contributed by atoms with Gasteiger partial charge in [0, 0.05) is 30.6 Å². The number of hydrogen-bond donors (Lipinski definition) is 1. The number of benzene rings is 1. The van der Waals surface area contributed by atoms with E-state index in [-0.39, 0.29) is 5.60 Å². The minimum Gasteiger partial charge on any atom is -0.378 e. The molecule has 2 aliphatic rings. The van der Waals surface area contributed by atoms with Gasteiger partial charge < -0.3 is 14.8 Å². The fourth-order valence-corrected chi connectivity index (χ4v) is 4.43.